The van der Waals surface area contributed by atoms with E-state index >= 15 is 0 Å². The summed E-state index contributed by atoms with van der Waals surface area (Å²) in [7, 11) is -2.95. The van der Waals surface area contributed by atoms with Crippen molar-refractivity contribution in [3.8, 4) is 0 Å². The molecule has 2 atom stereocenters. The molecule has 1 aromatic rings. The largest absolute Gasteiger partial charge is 0.308 e. The Bertz CT molecular complexity index is 502. The fourth-order valence-corrected chi connectivity index (χ4v) is 3.77. The summed E-state index contributed by atoms with van der Waals surface area (Å²) in [5.74, 6) is 0.205. The third-order valence-electron chi connectivity index (χ3n) is 3.31. The average Bonchev–Trinajstić information content (AvgIpc) is 2.20. The van der Waals surface area contributed by atoms with Gasteiger partial charge in [0.15, 0.2) is 9.84 Å². The van der Waals surface area contributed by atoms with E-state index in [4.69, 9.17) is 0 Å². The highest BCUT2D eigenvalue weighted by Gasteiger charge is 2.31. The van der Waals surface area contributed by atoms with Crippen molar-refractivity contribution in [2.75, 3.05) is 12.3 Å². The molecular weight excluding hydrogens is 234 g/mol. The lowest BCUT2D eigenvalue weighted by Crippen LogP contribution is -2.44. The minimum Gasteiger partial charge on any atom is -0.308 e. The quantitative estimate of drug-likeness (QED) is 0.829. The maximum absolute atomic E-state index is 11.9. The second-order valence-corrected chi connectivity index (χ2v) is 7.49. The van der Waals surface area contributed by atoms with Crippen LogP contribution in [0, 0.1) is 13.8 Å². The maximum Gasteiger partial charge on any atom is 0.156 e. The third-order valence-corrected chi connectivity index (χ3v) is 5.50. The van der Waals surface area contributed by atoms with E-state index in [0.717, 1.165) is 5.56 Å². The monoisotopic (exact) mass is 253 g/mol. The van der Waals surface area contributed by atoms with E-state index in [0.29, 0.717) is 6.54 Å². The zero-order valence-electron chi connectivity index (χ0n) is 10.5. The van der Waals surface area contributed by atoms with Gasteiger partial charge in [-0.2, -0.15) is 0 Å². The van der Waals surface area contributed by atoms with Crippen molar-refractivity contribution in [2.45, 2.75) is 32.1 Å². The van der Waals surface area contributed by atoms with Gasteiger partial charge in [-0.05, 0) is 26.3 Å². The molecule has 1 aliphatic heterocycles. The highest BCUT2D eigenvalue weighted by Crippen LogP contribution is 2.23. The first kappa shape index (κ1) is 12.6. The number of hydrogen-bond donors (Lipinski definition) is 1. The van der Waals surface area contributed by atoms with E-state index < -0.39 is 9.84 Å². The van der Waals surface area contributed by atoms with Crippen LogP contribution >= 0.6 is 0 Å². The summed E-state index contributed by atoms with van der Waals surface area (Å²) in [6.07, 6.45) is 0. The molecule has 2 unspecified atom stereocenters. The van der Waals surface area contributed by atoms with Crippen molar-refractivity contribution in [2.24, 2.45) is 0 Å². The molecule has 0 bridgehead atoms. The molecule has 0 saturated carbocycles. The van der Waals surface area contributed by atoms with Crippen molar-refractivity contribution in [1.82, 2.24) is 5.32 Å². The zero-order valence-corrected chi connectivity index (χ0v) is 11.3. The van der Waals surface area contributed by atoms with E-state index in [1.54, 1.807) is 6.92 Å². The highest BCUT2D eigenvalue weighted by atomic mass is 32.2. The molecule has 0 aliphatic carbocycles. The van der Waals surface area contributed by atoms with E-state index in [9.17, 15) is 8.42 Å². The lowest BCUT2D eigenvalue weighted by Gasteiger charge is -2.28. The van der Waals surface area contributed by atoms with Crippen LogP contribution in [0.2, 0.25) is 0 Å². The molecule has 0 spiro atoms. The minimum atomic E-state index is -2.95. The van der Waals surface area contributed by atoms with Gasteiger partial charge in [0.25, 0.3) is 0 Å². The summed E-state index contributed by atoms with van der Waals surface area (Å²) in [5, 5.41) is 3.04. The fraction of sp³-hybridized carbons (Fsp3) is 0.538. The summed E-state index contributed by atoms with van der Waals surface area (Å²) in [5.41, 5.74) is 3.44. The molecule has 1 fully saturated rings. The third kappa shape index (κ3) is 2.69. The number of aryl methyl sites for hydroxylation is 2. The van der Waals surface area contributed by atoms with Crippen LogP contribution < -0.4 is 5.32 Å². The molecule has 1 aliphatic rings. The first-order valence-electron chi connectivity index (χ1n) is 5.91. The topological polar surface area (TPSA) is 46.2 Å². The number of sulfone groups is 1. The van der Waals surface area contributed by atoms with Crippen LogP contribution in [0.1, 0.15) is 29.7 Å². The summed E-state index contributed by atoms with van der Waals surface area (Å²) < 4.78 is 23.8. The standard InChI is InChI=1S/C13H19NO2S/c1-9-4-10(2)6-12(5-9)13-8-17(15,16)11(3)7-14-13/h4-6,11,13-14H,7-8H2,1-3H3. The van der Waals surface area contributed by atoms with E-state index in [1.165, 1.54) is 11.1 Å². The number of benzene rings is 1. The Balaban J connectivity index is 2.30. The van der Waals surface area contributed by atoms with Gasteiger partial charge >= 0.3 is 0 Å². The van der Waals surface area contributed by atoms with Crippen molar-refractivity contribution in [3.63, 3.8) is 0 Å². The molecular formula is C13H19NO2S. The van der Waals surface area contributed by atoms with Gasteiger partial charge < -0.3 is 5.32 Å². The molecule has 3 nitrogen and oxygen atoms in total. The summed E-state index contributed by atoms with van der Waals surface area (Å²) in [4.78, 5) is 0. The summed E-state index contributed by atoms with van der Waals surface area (Å²) in [6, 6.07) is 6.17. The number of rotatable bonds is 1. The van der Waals surface area contributed by atoms with E-state index in [-0.39, 0.29) is 17.0 Å². The van der Waals surface area contributed by atoms with Crippen LogP contribution in [-0.4, -0.2) is 26.0 Å². The SMILES string of the molecule is Cc1cc(C)cc(C2CS(=O)(=O)C(C)CN2)c1. The van der Waals surface area contributed by atoms with Crippen LogP contribution in [0.3, 0.4) is 0 Å². The molecule has 2 rings (SSSR count). The Kier molecular flexibility index (Phi) is 3.27. The lowest BCUT2D eigenvalue weighted by atomic mass is 10.0. The fourth-order valence-electron chi connectivity index (χ4n) is 2.32. The van der Waals surface area contributed by atoms with Crippen LogP contribution in [0.15, 0.2) is 18.2 Å². The molecule has 0 aromatic heterocycles. The molecule has 1 heterocycles. The Hall–Kier alpha value is -0.870. The maximum atomic E-state index is 11.9. The van der Waals surface area contributed by atoms with Gasteiger partial charge in [-0.25, -0.2) is 8.42 Å². The predicted molar refractivity (Wildman–Crippen MR) is 69.9 cm³/mol. The normalized spacial score (nSPS) is 27.9. The highest BCUT2D eigenvalue weighted by molar-refractivity contribution is 7.92. The van der Waals surface area contributed by atoms with Gasteiger partial charge in [0.1, 0.15) is 0 Å². The van der Waals surface area contributed by atoms with E-state index in [2.05, 4.69) is 23.5 Å². The van der Waals surface area contributed by atoms with Crippen LogP contribution in [0.5, 0.6) is 0 Å². The van der Waals surface area contributed by atoms with Gasteiger partial charge in [0.05, 0.1) is 11.0 Å². The van der Waals surface area contributed by atoms with Gasteiger partial charge in [-0.3, -0.25) is 0 Å². The zero-order chi connectivity index (χ0) is 12.6. The molecule has 1 saturated heterocycles. The van der Waals surface area contributed by atoms with Gasteiger partial charge in [0, 0.05) is 12.6 Å². The minimum absolute atomic E-state index is 0.0604. The average molecular weight is 253 g/mol. The van der Waals surface area contributed by atoms with Crippen LogP contribution in [0.4, 0.5) is 0 Å². The Morgan fingerprint density at radius 2 is 1.76 bits per heavy atom. The predicted octanol–water partition coefficient (Wildman–Crippen LogP) is 1.75. The van der Waals surface area contributed by atoms with Crippen LogP contribution in [0.25, 0.3) is 0 Å². The van der Waals surface area contributed by atoms with Crippen molar-refractivity contribution in [3.05, 3.63) is 34.9 Å². The van der Waals surface area contributed by atoms with Gasteiger partial charge in [-0.15, -0.1) is 0 Å². The smallest absolute Gasteiger partial charge is 0.156 e. The molecule has 0 amide bonds. The summed E-state index contributed by atoms with van der Waals surface area (Å²) in [6.45, 7) is 6.38. The van der Waals surface area contributed by atoms with Gasteiger partial charge in [-0.1, -0.05) is 29.3 Å². The molecule has 94 valence electrons. The van der Waals surface area contributed by atoms with Crippen molar-refractivity contribution >= 4 is 9.84 Å². The number of hydrogen-bond acceptors (Lipinski definition) is 3. The Labute approximate surface area is 103 Å². The Morgan fingerprint density at radius 3 is 2.29 bits per heavy atom. The van der Waals surface area contributed by atoms with Crippen molar-refractivity contribution in [1.29, 1.82) is 0 Å². The molecule has 17 heavy (non-hydrogen) atoms. The van der Waals surface area contributed by atoms with E-state index in [1.807, 2.05) is 13.8 Å². The molecule has 0 radical (unpaired) electrons. The first-order chi connectivity index (χ1) is 7.88. The second-order valence-electron chi connectivity index (χ2n) is 5.02. The first-order valence-corrected chi connectivity index (χ1v) is 7.63. The lowest BCUT2D eigenvalue weighted by molar-refractivity contribution is 0.502. The Morgan fingerprint density at radius 1 is 1.18 bits per heavy atom. The summed E-state index contributed by atoms with van der Waals surface area (Å²) >= 11 is 0. The van der Waals surface area contributed by atoms with Crippen molar-refractivity contribution < 1.29 is 8.42 Å². The van der Waals surface area contributed by atoms with Crippen LogP contribution in [-0.2, 0) is 9.84 Å². The molecule has 1 aromatic carbocycles. The molecule has 4 heteroatoms. The number of nitrogens with one attached hydrogen (secondary N) is 1. The molecule has 1 N–H and O–H groups in total. The van der Waals surface area contributed by atoms with Gasteiger partial charge in [0.2, 0.25) is 0 Å². The second kappa shape index (κ2) is 4.42.